The van der Waals surface area contributed by atoms with Gasteiger partial charge in [-0.05, 0) is 30.2 Å². The lowest BCUT2D eigenvalue weighted by Gasteiger charge is -2.25. The van der Waals surface area contributed by atoms with E-state index >= 15 is 0 Å². The van der Waals surface area contributed by atoms with Crippen LogP contribution in [0.2, 0.25) is 0 Å². The van der Waals surface area contributed by atoms with Gasteiger partial charge in [-0.25, -0.2) is 0 Å². The van der Waals surface area contributed by atoms with Crippen molar-refractivity contribution >= 4 is 11.8 Å². The molecule has 2 nitrogen and oxygen atoms in total. The zero-order valence-electron chi connectivity index (χ0n) is 9.70. The van der Waals surface area contributed by atoms with Gasteiger partial charge >= 0.3 is 6.18 Å². The zero-order chi connectivity index (χ0) is 13.2. The van der Waals surface area contributed by atoms with Gasteiger partial charge in [0.05, 0.1) is 11.6 Å². The minimum absolute atomic E-state index is 0.110. The number of nitrogens with two attached hydrogens (primary N) is 1. The molecule has 1 aliphatic heterocycles. The molecule has 18 heavy (non-hydrogen) atoms. The minimum atomic E-state index is -4.34. The third kappa shape index (κ3) is 2.81. The Kier molecular flexibility index (Phi) is 4.19. The molecular formula is C12H15F3N2S. The maximum atomic E-state index is 13.0. The fourth-order valence-electron chi connectivity index (χ4n) is 2.29. The van der Waals surface area contributed by atoms with Crippen LogP contribution in [0.1, 0.15) is 30.0 Å². The second-order valence-electron chi connectivity index (χ2n) is 4.28. The molecule has 6 heteroatoms. The van der Waals surface area contributed by atoms with E-state index in [-0.39, 0.29) is 10.8 Å². The van der Waals surface area contributed by atoms with E-state index in [9.17, 15) is 13.2 Å². The Morgan fingerprint density at radius 3 is 2.61 bits per heavy atom. The molecule has 1 aromatic rings. The van der Waals surface area contributed by atoms with Gasteiger partial charge in [0.2, 0.25) is 0 Å². The number of rotatable bonds is 3. The van der Waals surface area contributed by atoms with E-state index in [1.807, 2.05) is 0 Å². The van der Waals surface area contributed by atoms with Crippen molar-refractivity contribution in [1.82, 2.24) is 5.43 Å². The Balaban J connectivity index is 2.35. The summed E-state index contributed by atoms with van der Waals surface area (Å²) in [5.41, 5.74) is 2.20. The Bertz CT molecular complexity index is 403. The molecule has 2 rings (SSSR count). The number of alkyl halides is 3. The molecule has 0 aromatic heterocycles. The number of hydrogen-bond acceptors (Lipinski definition) is 3. The van der Waals surface area contributed by atoms with Gasteiger partial charge in [0.25, 0.3) is 0 Å². The summed E-state index contributed by atoms with van der Waals surface area (Å²) < 4.78 is 38.9. The second-order valence-corrected chi connectivity index (χ2v) is 5.63. The smallest absolute Gasteiger partial charge is 0.271 e. The number of halogens is 3. The zero-order valence-corrected chi connectivity index (χ0v) is 10.5. The lowest BCUT2D eigenvalue weighted by atomic mass is 9.96. The topological polar surface area (TPSA) is 38.0 Å². The van der Waals surface area contributed by atoms with Crippen LogP contribution >= 0.6 is 11.8 Å². The van der Waals surface area contributed by atoms with Crippen LogP contribution in [-0.2, 0) is 6.18 Å². The minimum Gasteiger partial charge on any atom is -0.271 e. The van der Waals surface area contributed by atoms with E-state index in [1.165, 1.54) is 12.1 Å². The Labute approximate surface area is 108 Å². The van der Waals surface area contributed by atoms with E-state index < -0.39 is 17.8 Å². The van der Waals surface area contributed by atoms with Crippen LogP contribution in [0, 0.1) is 0 Å². The quantitative estimate of drug-likeness (QED) is 0.658. The summed E-state index contributed by atoms with van der Waals surface area (Å²) >= 11 is 1.68. The predicted molar refractivity (Wildman–Crippen MR) is 67.0 cm³/mol. The number of hydrogen-bond donors (Lipinski definition) is 2. The van der Waals surface area contributed by atoms with Crippen LogP contribution < -0.4 is 11.3 Å². The second kappa shape index (κ2) is 5.50. The fraction of sp³-hybridized carbons (Fsp3) is 0.500. The molecule has 1 saturated heterocycles. The SMILES string of the molecule is NNC(c1ccccc1C(F)(F)F)C1CCCS1. The van der Waals surface area contributed by atoms with Crippen molar-refractivity contribution in [2.24, 2.45) is 5.84 Å². The molecule has 100 valence electrons. The molecule has 0 aliphatic carbocycles. The van der Waals surface area contributed by atoms with E-state index in [4.69, 9.17) is 5.84 Å². The Morgan fingerprint density at radius 2 is 2.06 bits per heavy atom. The summed E-state index contributed by atoms with van der Waals surface area (Å²) in [7, 11) is 0. The average Bonchev–Trinajstić information content (AvgIpc) is 2.83. The van der Waals surface area contributed by atoms with Crippen LogP contribution in [0.25, 0.3) is 0 Å². The summed E-state index contributed by atoms with van der Waals surface area (Å²) in [5.74, 6) is 6.45. The van der Waals surface area contributed by atoms with Crippen molar-refractivity contribution in [3.8, 4) is 0 Å². The molecule has 2 atom stereocenters. The molecule has 2 unspecified atom stereocenters. The van der Waals surface area contributed by atoms with Crippen molar-refractivity contribution in [1.29, 1.82) is 0 Å². The van der Waals surface area contributed by atoms with Crippen LogP contribution in [-0.4, -0.2) is 11.0 Å². The van der Waals surface area contributed by atoms with Crippen molar-refractivity contribution in [2.45, 2.75) is 30.3 Å². The van der Waals surface area contributed by atoms with Crippen LogP contribution in [0.4, 0.5) is 13.2 Å². The van der Waals surface area contributed by atoms with Crippen molar-refractivity contribution in [3.05, 3.63) is 35.4 Å². The first-order chi connectivity index (χ1) is 8.54. The van der Waals surface area contributed by atoms with Gasteiger partial charge in [-0.3, -0.25) is 11.3 Å². The molecule has 0 amide bonds. The van der Waals surface area contributed by atoms with Crippen LogP contribution in [0.15, 0.2) is 24.3 Å². The number of hydrazine groups is 1. The highest BCUT2D eigenvalue weighted by molar-refractivity contribution is 8.00. The number of benzene rings is 1. The monoisotopic (exact) mass is 276 g/mol. The average molecular weight is 276 g/mol. The molecule has 1 aliphatic rings. The van der Waals surface area contributed by atoms with Gasteiger partial charge in [-0.2, -0.15) is 24.9 Å². The standard InChI is InChI=1S/C12H15F3N2S/c13-12(14,15)9-5-2-1-4-8(9)11(17-16)10-6-3-7-18-10/h1-2,4-5,10-11,17H,3,6-7,16H2. The first-order valence-electron chi connectivity index (χ1n) is 5.78. The normalized spacial score (nSPS) is 22.1. The Morgan fingerprint density at radius 1 is 1.33 bits per heavy atom. The number of nitrogens with one attached hydrogen (secondary N) is 1. The van der Waals surface area contributed by atoms with Crippen molar-refractivity contribution in [3.63, 3.8) is 0 Å². The predicted octanol–water partition coefficient (Wildman–Crippen LogP) is 3.11. The molecule has 0 saturated carbocycles. The summed E-state index contributed by atoms with van der Waals surface area (Å²) in [6.45, 7) is 0. The van der Waals surface area contributed by atoms with Gasteiger partial charge in [0.1, 0.15) is 0 Å². The number of thioether (sulfide) groups is 1. The lowest BCUT2D eigenvalue weighted by molar-refractivity contribution is -0.138. The molecule has 1 heterocycles. The highest BCUT2D eigenvalue weighted by atomic mass is 32.2. The van der Waals surface area contributed by atoms with Gasteiger partial charge in [-0.15, -0.1) is 0 Å². The maximum Gasteiger partial charge on any atom is 0.416 e. The lowest BCUT2D eigenvalue weighted by Crippen LogP contribution is -2.35. The van der Waals surface area contributed by atoms with E-state index in [0.29, 0.717) is 0 Å². The highest BCUT2D eigenvalue weighted by Crippen LogP contribution is 2.40. The molecule has 1 fully saturated rings. The molecule has 0 radical (unpaired) electrons. The highest BCUT2D eigenvalue weighted by Gasteiger charge is 2.37. The molecule has 1 aromatic carbocycles. The summed E-state index contributed by atoms with van der Waals surface area (Å²) in [6, 6.07) is 5.19. The van der Waals surface area contributed by atoms with E-state index in [0.717, 1.165) is 24.7 Å². The Hall–Kier alpha value is -0.720. The van der Waals surface area contributed by atoms with Gasteiger partial charge in [0, 0.05) is 5.25 Å². The largest absolute Gasteiger partial charge is 0.416 e. The fourth-order valence-corrected chi connectivity index (χ4v) is 3.68. The summed E-state index contributed by atoms with van der Waals surface area (Å²) in [5, 5.41) is 0.110. The van der Waals surface area contributed by atoms with Gasteiger partial charge in [-0.1, -0.05) is 18.2 Å². The maximum absolute atomic E-state index is 13.0. The third-order valence-electron chi connectivity index (χ3n) is 3.12. The van der Waals surface area contributed by atoms with Crippen molar-refractivity contribution in [2.75, 3.05) is 5.75 Å². The molecule has 0 spiro atoms. The first-order valence-corrected chi connectivity index (χ1v) is 6.83. The van der Waals surface area contributed by atoms with E-state index in [2.05, 4.69) is 5.43 Å². The molecular weight excluding hydrogens is 261 g/mol. The van der Waals surface area contributed by atoms with Crippen LogP contribution in [0.5, 0.6) is 0 Å². The summed E-state index contributed by atoms with van der Waals surface area (Å²) in [6.07, 6.45) is -2.41. The van der Waals surface area contributed by atoms with Gasteiger partial charge in [0.15, 0.2) is 0 Å². The first kappa shape index (κ1) is 13.7. The third-order valence-corrected chi connectivity index (χ3v) is 4.58. The summed E-state index contributed by atoms with van der Waals surface area (Å²) in [4.78, 5) is 0. The van der Waals surface area contributed by atoms with Crippen molar-refractivity contribution < 1.29 is 13.2 Å². The van der Waals surface area contributed by atoms with Gasteiger partial charge < -0.3 is 0 Å². The molecule has 0 bridgehead atoms. The molecule has 3 N–H and O–H groups in total. The van der Waals surface area contributed by atoms with Crippen LogP contribution in [0.3, 0.4) is 0 Å². The van der Waals surface area contributed by atoms with E-state index in [1.54, 1.807) is 17.8 Å².